The largest absolute Gasteiger partial charge is 0.472 e. The Labute approximate surface area is 156 Å². The average Bonchev–Trinajstić information content (AvgIpc) is 2.59. The Hall–Kier alpha value is -1.41. The first-order valence-corrected chi connectivity index (χ1v) is 9.96. The number of piperidine rings is 1. The molecule has 25 heavy (non-hydrogen) atoms. The number of aryl methyl sites for hydroxylation is 1. The Morgan fingerprint density at radius 2 is 2.04 bits per heavy atom. The second-order valence-electron chi connectivity index (χ2n) is 5.82. The van der Waals surface area contributed by atoms with Crippen LogP contribution < -0.4 is 4.74 Å². The molecule has 6 nitrogen and oxygen atoms in total. The van der Waals surface area contributed by atoms with Crippen LogP contribution in [0.2, 0.25) is 10.0 Å². The van der Waals surface area contributed by atoms with Crippen LogP contribution in [0.25, 0.3) is 0 Å². The molecule has 0 radical (unpaired) electrons. The molecule has 1 aliphatic heterocycles. The van der Waals surface area contributed by atoms with Crippen LogP contribution in [0.1, 0.15) is 18.4 Å². The third kappa shape index (κ3) is 4.06. The molecule has 3 rings (SSSR count). The van der Waals surface area contributed by atoms with E-state index in [9.17, 15) is 8.42 Å². The standard InChI is InChI=1S/C16H17Cl2N3O3S/c1-11-7-15(14(18)8-13(11)17)25(22,23)21-6-2-3-12(10-21)24-16-9-19-4-5-20-16/h4-5,7-9,12H,2-3,6,10H2,1H3. The fraction of sp³-hybridized carbons (Fsp3) is 0.375. The minimum absolute atomic E-state index is 0.0659. The Morgan fingerprint density at radius 3 is 2.76 bits per heavy atom. The molecule has 1 aliphatic rings. The zero-order chi connectivity index (χ0) is 18.0. The van der Waals surface area contributed by atoms with Crippen molar-refractivity contribution in [3.05, 3.63) is 46.3 Å². The van der Waals surface area contributed by atoms with Crippen LogP contribution in [0.4, 0.5) is 0 Å². The van der Waals surface area contributed by atoms with E-state index in [2.05, 4.69) is 9.97 Å². The van der Waals surface area contributed by atoms with Gasteiger partial charge in [-0.25, -0.2) is 13.4 Å². The quantitative estimate of drug-likeness (QED) is 0.785. The van der Waals surface area contributed by atoms with Crippen molar-refractivity contribution in [1.29, 1.82) is 0 Å². The lowest BCUT2D eigenvalue weighted by atomic mass is 10.1. The van der Waals surface area contributed by atoms with Gasteiger partial charge < -0.3 is 4.74 Å². The highest BCUT2D eigenvalue weighted by molar-refractivity contribution is 7.89. The molecule has 0 bridgehead atoms. The van der Waals surface area contributed by atoms with Crippen molar-refractivity contribution in [3.63, 3.8) is 0 Å². The number of rotatable bonds is 4. The van der Waals surface area contributed by atoms with Gasteiger partial charge in [-0.1, -0.05) is 23.2 Å². The highest BCUT2D eigenvalue weighted by Crippen LogP contribution is 2.31. The number of hydrogen-bond donors (Lipinski definition) is 0. The van der Waals surface area contributed by atoms with Crippen LogP contribution in [0.3, 0.4) is 0 Å². The van der Waals surface area contributed by atoms with Crippen molar-refractivity contribution in [2.24, 2.45) is 0 Å². The number of benzene rings is 1. The second kappa shape index (κ2) is 7.45. The van der Waals surface area contributed by atoms with Crippen molar-refractivity contribution >= 4 is 33.2 Å². The molecule has 1 aromatic heterocycles. The van der Waals surface area contributed by atoms with Gasteiger partial charge in [0.05, 0.1) is 17.8 Å². The number of hydrogen-bond acceptors (Lipinski definition) is 5. The third-order valence-corrected chi connectivity index (χ3v) is 6.74. The molecule has 9 heteroatoms. The van der Waals surface area contributed by atoms with E-state index >= 15 is 0 Å². The first-order chi connectivity index (χ1) is 11.9. The van der Waals surface area contributed by atoms with Gasteiger partial charge in [-0.3, -0.25) is 4.98 Å². The summed E-state index contributed by atoms with van der Waals surface area (Å²) < 4.78 is 33.1. The molecular weight excluding hydrogens is 385 g/mol. The summed E-state index contributed by atoms with van der Waals surface area (Å²) in [6.07, 6.45) is 5.74. The molecule has 0 aliphatic carbocycles. The first kappa shape index (κ1) is 18.4. The Bertz CT molecular complexity index is 862. The topological polar surface area (TPSA) is 72.4 Å². The zero-order valence-corrected chi connectivity index (χ0v) is 15.9. The molecule has 1 saturated heterocycles. The molecule has 1 fully saturated rings. The molecule has 2 heterocycles. The Kier molecular flexibility index (Phi) is 5.48. The van der Waals surface area contributed by atoms with E-state index in [-0.39, 0.29) is 22.6 Å². The zero-order valence-electron chi connectivity index (χ0n) is 13.5. The van der Waals surface area contributed by atoms with Gasteiger partial charge in [-0.2, -0.15) is 4.31 Å². The molecule has 0 spiro atoms. The minimum Gasteiger partial charge on any atom is -0.472 e. The fourth-order valence-corrected chi connectivity index (χ4v) is 5.02. The molecular formula is C16H17Cl2N3O3S. The van der Waals surface area contributed by atoms with Gasteiger partial charge in [-0.15, -0.1) is 0 Å². The van der Waals surface area contributed by atoms with Gasteiger partial charge in [-0.05, 0) is 37.5 Å². The molecule has 1 unspecified atom stereocenters. The maximum atomic E-state index is 13.0. The number of sulfonamides is 1. The van der Waals surface area contributed by atoms with Crippen LogP contribution in [-0.2, 0) is 10.0 Å². The number of halogens is 2. The first-order valence-electron chi connectivity index (χ1n) is 7.76. The van der Waals surface area contributed by atoms with Gasteiger partial charge >= 0.3 is 0 Å². The molecule has 1 atom stereocenters. The predicted molar refractivity (Wildman–Crippen MR) is 95.6 cm³/mol. The van der Waals surface area contributed by atoms with E-state index in [0.29, 0.717) is 29.4 Å². The van der Waals surface area contributed by atoms with Gasteiger partial charge in [0.15, 0.2) is 0 Å². The van der Waals surface area contributed by atoms with Crippen molar-refractivity contribution in [3.8, 4) is 5.88 Å². The van der Waals surface area contributed by atoms with Crippen LogP contribution in [-0.4, -0.2) is 41.9 Å². The molecule has 0 saturated carbocycles. The van der Waals surface area contributed by atoms with Crippen LogP contribution in [0, 0.1) is 6.92 Å². The lowest BCUT2D eigenvalue weighted by Crippen LogP contribution is -2.44. The molecule has 134 valence electrons. The predicted octanol–water partition coefficient (Wildman–Crippen LogP) is 3.32. The highest BCUT2D eigenvalue weighted by Gasteiger charge is 2.33. The van der Waals surface area contributed by atoms with E-state index in [1.165, 1.54) is 28.8 Å². The van der Waals surface area contributed by atoms with Gasteiger partial charge in [0.25, 0.3) is 0 Å². The lowest BCUT2D eigenvalue weighted by molar-refractivity contribution is 0.124. The Morgan fingerprint density at radius 1 is 1.24 bits per heavy atom. The van der Waals surface area contributed by atoms with Gasteiger partial charge in [0.1, 0.15) is 11.0 Å². The number of aromatic nitrogens is 2. The summed E-state index contributed by atoms with van der Waals surface area (Å²) in [4.78, 5) is 8.08. The summed E-state index contributed by atoms with van der Waals surface area (Å²) in [6, 6.07) is 2.97. The molecule has 2 aromatic rings. The van der Waals surface area contributed by atoms with Crippen LogP contribution in [0.15, 0.2) is 35.6 Å². The summed E-state index contributed by atoms with van der Waals surface area (Å²) in [5, 5.41) is 0.555. The molecule has 1 aromatic carbocycles. The molecule has 0 amide bonds. The normalized spacial score (nSPS) is 18.9. The lowest BCUT2D eigenvalue weighted by Gasteiger charge is -2.32. The minimum atomic E-state index is -3.73. The summed E-state index contributed by atoms with van der Waals surface area (Å²) in [5.74, 6) is 0.382. The van der Waals surface area contributed by atoms with Gasteiger partial charge in [0.2, 0.25) is 15.9 Å². The third-order valence-electron chi connectivity index (χ3n) is 4.00. The highest BCUT2D eigenvalue weighted by atomic mass is 35.5. The van der Waals surface area contributed by atoms with Crippen molar-refractivity contribution in [2.75, 3.05) is 13.1 Å². The summed E-state index contributed by atoms with van der Waals surface area (Å²) in [5.41, 5.74) is 0.661. The average molecular weight is 402 g/mol. The number of nitrogens with zero attached hydrogens (tertiary/aromatic N) is 3. The van der Waals surface area contributed by atoms with Crippen LogP contribution >= 0.6 is 23.2 Å². The summed E-state index contributed by atoms with van der Waals surface area (Å²) in [7, 11) is -3.73. The van der Waals surface area contributed by atoms with E-state index < -0.39 is 10.0 Å². The van der Waals surface area contributed by atoms with Crippen molar-refractivity contribution in [2.45, 2.75) is 30.8 Å². The maximum absolute atomic E-state index is 13.0. The van der Waals surface area contributed by atoms with E-state index in [4.69, 9.17) is 27.9 Å². The van der Waals surface area contributed by atoms with E-state index in [1.54, 1.807) is 13.1 Å². The van der Waals surface area contributed by atoms with E-state index in [0.717, 1.165) is 6.42 Å². The second-order valence-corrected chi connectivity index (χ2v) is 8.54. The summed E-state index contributed by atoms with van der Waals surface area (Å²) >= 11 is 12.1. The summed E-state index contributed by atoms with van der Waals surface area (Å²) in [6.45, 7) is 2.39. The molecule has 0 N–H and O–H groups in total. The fourth-order valence-electron chi connectivity index (χ4n) is 2.70. The maximum Gasteiger partial charge on any atom is 0.244 e. The number of ether oxygens (including phenoxy) is 1. The van der Waals surface area contributed by atoms with Crippen LogP contribution in [0.5, 0.6) is 5.88 Å². The smallest absolute Gasteiger partial charge is 0.244 e. The van der Waals surface area contributed by atoms with Gasteiger partial charge in [0, 0.05) is 24.0 Å². The Balaban J connectivity index is 1.81. The monoisotopic (exact) mass is 401 g/mol. The SMILES string of the molecule is Cc1cc(S(=O)(=O)N2CCCC(Oc3cnccn3)C2)c(Cl)cc1Cl. The van der Waals surface area contributed by atoms with Crippen molar-refractivity contribution in [1.82, 2.24) is 14.3 Å². The van der Waals surface area contributed by atoms with E-state index in [1.807, 2.05) is 0 Å². The van der Waals surface area contributed by atoms with Crippen molar-refractivity contribution < 1.29 is 13.2 Å².